The highest BCUT2D eigenvalue weighted by Crippen LogP contribution is 2.29. The van der Waals surface area contributed by atoms with Gasteiger partial charge < -0.3 is 25.6 Å². The van der Waals surface area contributed by atoms with Gasteiger partial charge >= 0.3 is 6.09 Å². The number of carbonyl (C=O) groups is 4. The second-order valence-corrected chi connectivity index (χ2v) is 13.0. The summed E-state index contributed by atoms with van der Waals surface area (Å²) < 4.78 is 5.40. The highest BCUT2D eigenvalue weighted by molar-refractivity contribution is 7.99. The van der Waals surface area contributed by atoms with Crippen LogP contribution in [-0.2, 0) is 14.3 Å². The summed E-state index contributed by atoms with van der Waals surface area (Å²) in [5.41, 5.74) is 1.93. The summed E-state index contributed by atoms with van der Waals surface area (Å²) in [7, 11) is 0. The van der Waals surface area contributed by atoms with Gasteiger partial charge in [-0.25, -0.2) is 9.78 Å². The van der Waals surface area contributed by atoms with E-state index in [0.717, 1.165) is 18.4 Å². The maximum atomic E-state index is 13.8. The molecule has 0 radical (unpaired) electrons. The fourth-order valence-electron chi connectivity index (χ4n) is 4.34. The van der Waals surface area contributed by atoms with E-state index in [0.29, 0.717) is 33.6 Å². The van der Waals surface area contributed by atoms with Crippen molar-refractivity contribution in [2.45, 2.75) is 57.3 Å². The summed E-state index contributed by atoms with van der Waals surface area (Å²) in [5, 5.41) is 10.7. The molecular weight excluding hydrogens is 574 g/mol. The van der Waals surface area contributed by atoms with E-state index in [1.807, 2.05) is 23.6 Å². The largest absolute Gasteiger partial charge is 0.444 e. The molecule has 10 nitrogen and oxygen atoms in total. The fourth-order valence-corrected chi connectivity index (χ4v) is 6.23. The zero-order chi connectivity index (χ0) is 29.9. The normalized spacial score (nSPS) is 17.3. The van der Waals surface area contributed by atoms with E-state index in [2.05, 4.69) is 20.9 Å². The standard InChI is InChI=1S/C30H33N5O5S2/c1-30(2,3)40-29(39)33-24(19-7-5-4-6-8-19)27(38)35-17-41-16-23(35)26(37)34-28-32-22(15-42-28)18-9-11-20(12-10-18)25(36)31-21-13-14-21/h4-12,15,21,23-24H,13-14,16-17H2,1-3H3,(H,31,36)(H,33,39)(H,32,34,37). The third kappa shape index (κ3) is 7.48. The van der Waals surface area contributed by atoms with Crippen molar-refractivity contribution >= 4 is 52.0 Å². The van der Waals surface area contributed by atoms with Crippen LogP contribution in [0.2, 0.25) is 0 Å². The number of ether oxygens (including phenoxy) is 1. The number of rotatable bonds is 8. The Balaban J connectivity index is 1.25. The van der Waals surface area contributed by atoms with Crippen molar-refractivity contribution in [3.63, 3.8) is 0 Å². The predicted octanol–water partition coefficient (Wildman–Crippen LogP) is 4.81. The summed E-state index contributed by atoms with van der Waals surface area (Å²) in [6.45, 7) is 5.24. The van der Waals surface area contributed by atoms with Crippen LogP contribution in [0.15, 0.2) is 60.0 Å². The molecule has 1 aliphatic heterocycles. The molecule has 1 aliphatic carbocycles. The van der Waals surface area contributed by atoms with E-state index in [-0.39, 0.29) is 17.9 Å². The van der Waals surface area contributed by atoms with Gasteiger partial charge in [-0.05, 0) is 51.3 Å². The Morgan fingerprint density at radius 2 is 1.74 bits per heavy atom. The van der Waals surface area contributed by atoms with Gasteiger partial charge in [0.1, 0.15) is 17.7 Å². The van der Waals surface area contributed by atoms with Crippen LogP contribution in [-0.4, -0.2) is 63.0 Å². The van der Waals surface area contributed by atoms with Crippen LogP contribution in [0.25, 0.3) is 11.3 Å². The van der Waals surface area contributed by atoms with Crippen LogP contribution < -0.4 is 16.0 Å². The first-order valence-electron chi connectivity index (χ1n) is 13.7. The number of thiazole rings is 1. The number of nitrogens with one attached hydrogen (secondary N) is 3. The Labute approximate surface area is 252 Å². The number of aromatic nitrogens is 1. The number of anilines is 1. The maximum Gasteiger partial charge on any atom is 0.408 e. The number of alkyl carbamates (subject to hydrolysis) is 1. The summed E-state index contributed by atoms with van der Waals surface area (Å²) >= 11 is 2.74. The number of thioether (sulfide) groups is 1. The topological polar surface area (TPSA) is 130 Å². The molecule has 4 amide bonds. The van der Waals surface area contributed by atoms with Gasteiger partial charge in [0.25, 0.3) is 11.8 Å². The molecule has 2 fully saturated rings. The zero-order valence-corrected chi connectivity index (χ0v) is 25.2. The second kappa shape index (κ2) is 12.5. The van der Waals surface area contributed by atoms with Gasteiger partial charge in [-0.3, -0.25) is 14.4 Å². The van der Waals surface area contributed by atoms with E-state index in [9.17, 15) is 19.2 Å². The minimum atomic E-state index is -1.02. The lowest BCUT2D eigenvalue weighted by molar-refractivity contribution is -0.138. The monoisotopic (exact) mass is 607 g/mol. The first kappa shape index (κ1) is 29.6. The molecule has 220 valence electrons. The summed E-state index contributed by atoms with van der Waals surface area (Å²) in [6.07, 6.45) is 1.34. The Bertz CT molecular complexity index is 1450. The lowest BCUT2D eigenvalue weighted by atomic mass is 10.0. The van der Waals surface area contributed by atoms with Crippen LogP contribution in [0.1, 0.15) is 55.6 Å². The molecule has 2 atom stereocenters. The first-order chi connectivity index (χ1) is 20.1. The van der Waals surface area contributed by atoms with Crippen molar-refractivity contribution in [1.82, 2.24) is 20.5 Å². The third-order valence-corrected chi connectivity index (χ3v) is 8.37. The summed E-state index contributed by atoms with van der Waals surface area (Å²) in [4.78, 5) is 58.0. The lowest BCUT2D eigenvalue weighted by Gasteiger charge is -2.29. The van der Waals surface area contributed by atoms with Crippen molar-refractivity contribution in [1.29, 1.82) is 0 Å². The van der Waals surface area contributed by atoms with Gasteiger partial charge in [0.2, 0.25) is 5.91 Å². The number of nitrogens with zero attached hydrogens (tertiary/aromatic N) is 2. The molecule has 3 N–H and O–H groups in total. The molecule has 42 heavy (non-hydrogen) atoms. The summed E-state index contributed by atoms with van der Waals surface area (Å²) in [5.74, 6) is -0.123. The number of amides is 4. The van der Waals surface area contributed by atoms with Crippen molar-refractivity contribution in [2.75, 3.05) is 16.9 Å². The Morgan fingerprint density at radius 1 is 1.02 bits per heavy atom. The van der Waals surface area contributed by atoms with Crippen LogP contribution in [0, 0.1) is 0 Å². The van der Waals surface area contributed by atoms with Crippen molar-refractivity contribution < 1.29 is 23.9 Å². The molecule has 3 aromatic rings. The molecular formula is C30H33N5O5S2. The molecule has 0 spiro atoms. The van der Waals surface area contributed by atoms with E-state index >= 15 is 0 Å². The van der Waals surface area contributed by atoms with Crippen LogP contribution in [0.3, 0.4) is 0 Å². The Kier molecular flexibility index (Phi) is 8.83. The molecule has 5 rings (SSSR count). The second-order valence-electron chi connectivity index (χ2n) is 11.2. The quantitative estimate of drug-likeness (QED) is 0.335. The molecule has 0 bridgehead atoms. The smallest absolute Gasteiger partial charge is 0.408 e. The van der Waals surface area contributed by atoms with Crippen LogP contribution in [0.5, 0.6) is 0 Å². The maximum absolute atomic E-state index is 13.8. The molecule has 2 aromatic carbocycles. The lowest BCUT2D eigenvalue weighted by Crippen LogP contribution is -2.50. The van der Waals surface area contributed by atoms with Gasteiger partial charge in [0.15, 0.2) is 5.13 Å². The molecule has 12 heteroatoms. The number of benzene rings is 2. The number of carbonyl (C=O) groups excluding carboxylic acids is 4. The van der Waals surface area contributed by atoms with E-state index in [1.54, 1.807) is 57.2 Å². The Morgan fingerprint density at radius 3 is 2.40 bits per heavy atom. The van der Waals surface area contributed by atoms with Crippen molar-refractivity contribution in [3.8, 4) is 11.3 Å². The molecule has 2 unspecified atom stereocenters. The van der Waals surface area contributed by atoms with Crippen LogP contribution in [0.4, 0.5) is 9.93 Å². The average Bonchev–Trinajstić information content (AvgIpc) is 3.42. The minimum Gasteiger partial charge on any atom is -0.444 e. The van der Waals surface area contributed by atoms with E-state index in [1.165, 1.54) is 28.0 Å². The fraction of sp³-hybridized carbons (Fsp3) is 0.367. The highest BCUT2D eigenvalue weighted by Gasteiger charge is 2.39. The van der Waals surface area contributed by atoms with Gasteiger partial charge in [-0.1, -0.05) is 42.5 Å². The average molecular weight is 608 g/mol. The van der Waals surface area contributed by atoms with Crippen molar-refractivity contribution in [2.24, 2.45) is 0 Å². The molecule has 2 heterocycles. The van der Waals surface area contributed by atoms with Crippen molar-refractivity contribution in [3.05, 3.63) is 71.1 Å². The van der Waals surface area contributed by atoms with Gasteiger partial charge in [0.05, 0.1) is 11.6 Å². The third-order valence-electron chi connectivity index (χ3n) is 6.60. The number of hydrogen-bond acceptors (Lipinski definition) is 8. The van der Waals surface area contributed by atoms with Gasteiger partial charge in [-0.2, -0.15) is 0 Å². The minimum absolute atomic E-state index is 0.0837. The first-order valence-corrected chi connectivity index (χ1v) is 15.7. The zero-order valence-electron chi connectivity index (χ0n) is 23.6. The van der Waals surface area contributed by atoms with E-state index < -0.39 is 29.7 Å². The predicted molar refractivity (Wildman–Crippen MR) is 163 cm³/mol. The van der Waals surface area contributed by atoms with Gasteiger partial charge in [0, 0.05) is 28.3 Å². The number of hydrogen-bond donors (Lipinski definition) is 3. The molecule has 1 saturated heterocycles. The van der Waals surface area contributed by atoms with Gasteiger partial charge in [-0.15, -0.1) is 23.1 Å². The molecule has 1 aromatic heterocycles. The van der Waals surface area contributed by atoms with E-state index in [4.69, 9.17) is 4.74 Å². The summed E-state index contributed by atoms with van der Waals surface area (Å²) in [6, 6.07) is 14.6. The highest BCUT2D eigenvalue weighted by atomic mass is 32.2. The Hall–Kier alpha value is -3.90. The molecule has 2 aliphatic rings. The van der Waals surface area contributed by atoms with Crippen LogP contribution >= 0.6 is 23.1 Å². The SMILES string of the molecule is CC(C)(C)OC(=O)NC(C(=O)N1CSCC1C(=O)Nc1nc(-c2ccc(C(=O)NC3CC3)cc2)cs1)c1ccccc1. The molecule has 1 saturated carbocycles.